The maximum atomic E-state index is 15.4. The van der Waals surface area contributed by atoms with E-state index < -0.39 is 17.6 Å². The van der Waals surface area contributed by atoms with Gasteiger partial charge >= 0.3 is 5.97 Å². The van der Waals surface area contributed by atoms with Crippen LogP contribution in [0.4, 0.5) is 8.78 Å². The first-order valence-corrected chi connectivity index (χ1v) is 11.0. The summed E-state index contributed by atoms with van der Waals surface area (Å²) < 4.78 is 34.7. The van der Waals surface area contributed by atoms with E-state index in [1.165, 1.54) is 45.3 Å². The molecule has 0 bridgehead atoms. The summed E-state index contributed by atoms with van der Waals surface area (Å²) in [6.07, 6.45) is 9.60. The Hall–Kier alpha value is -1.97. The SMILES string of the molecule is CCCC1CC[C@@H]2CC(c3ccc4cc(C(=O)OC)cc(F)c4c3F)CC[C@H]2C1. The normalized spacial score (nSPS) is 26.9. The van der Waals surface area contributed by atoms with Gasteiger partial charge in [-0.2, -0.15) is 0 Å². The fraction of sp³-hybridized carbons (Fsp3) is 0.560. The first-order chi connectivity index (χ1) is 14.0. The minimum atomic E-state index is -0.698. The van der Waals surface area contributed by atoms with Crippen LogP contribution in [0, 0.1) is 29.4 Å². The Balaban J connectivity index is 1.58. The van der Waals surface area contributed by atoms with Crippen LogP contribution in [-0.2, 0) is 4.74 Å². The van der Waals surface area contributed by atoms with Gasteiger partial charge in [0, 0.05) is 0 Å². The van der Waals surface area contributed by atoms with Crippen molar-refractivity contribution in [1.29, 1.82) is 0 Å². The lowest BCUT2D eigenvalue weighted by atomic mass is 9.63. The summed E-state index contributed by atoms with van der Waals surface area (Å²) in [7, 11) is 1.25. The number of halogens is 2. The number of ether oxygens (including phenoxy) is 1. The van der Waals surface area contributed by atoms with E-state index in [9.17, 15) is 9.18 Å². The summed E-state index contributed by atoms with van der Waals surface area (Å²) in [6, 6.07) is 6.12. The fourth-order valence-electron chi connectivity index (χ4n) is 5.88. The van der Waals surface area contributed by atoms with Gasteiger partial charge in [-0.05, 0) is 78.9 Å². The molecule has 2 fully saturated rings. The monoisotopic (exact) mass is 400 g/mol. The van der Waals surface area contributed by atoms with Crippen molar-refractivity contribution in [1.82, 2.24) is 0 Å². The van der Waals surface area contributed by atoms with Crippen molar-refractivity contribution in [2.45, 2.75) is 64.2 Å². The number of carbonyl (C=O) groups excluding carboxylic acids is 1. The third kappa shape index (κ3) is 3.91. The number of esters is 1. The number of hydrogen-bond donors (Lipinski definition) is 0. The highest BCUT2D eigenvalue weighted by molar-refractivity contribution is 5.96. The van der Waals surface area contributed by atoms with E-state index >= 15 is 4.39 Å². The first-order valence-electron chi connectivity index (χ1n) is 11.0. The molecule has 4 heteroatoms. The van der Waals surface area contributed by atoms with E-state index in [-0.39, 0.29) is 16.9 Å². The molecule has 2 aliphatic rings. The van der Waals surface area contributed by atoms with Crippen LogP contribution in [0.5, 0.6) is 0 Å². The van der Waals surface area contributed by atoms with Crippen LogP contribution in [0.2, 0.25) is 0 Å². The molecule has 0 amide bonds. The Kier molecular flexibility index (Phi) is 5.89. The topological polar surface area (TPSA) is 26.3 Å². The number of fused-ring (bicyclic) bond motifs is 2. The van der Waals surface area contributed by atoms with Crippen LogP contribution in [0.15, 0.2) is 24.3 Å². The summed E-state index contributed by atoms with van der Waals surface area (Å²) in [5, 5.41) is 0.393. The summed E-state index contributed by atoms with van der Waals surface area (Å²) in [4.78, 5) is 11.7. The number of methoxy groups -OCH3 is 1. The second-order valence-corrected chi connectivity index (χ2v) is 9.01. The number of rotatable bonds is 4. The van der Waals surface area contributed by atoms with Gasteiger partial charge in [0.25, 0.3) is 0 Å². The Bertz CT molecular complexity index is 907. The third-order valence-electron chi connectivity index (χ3n) is 7.32. The third-order valence-corrected chi connectivity index (χ3v) is 7.32. The van der Waals surface area contributed by atoms with Crippen LogP contribution in [-0.4, -0.2) is 13.1 Å². The second kappa shape index (κ2) is 8.41. The average molecular weight is 401 g/mol. The lowest BCUT2D eigenvalue weighted by molar-refractivity contribution is 0.0600. The van der Waals surface area contributed by atoms with Crippen molar-refractivity contribution >= 4 is 16.7 Å². The van der Waals surface area contributed by atoms with Gasteiger partial charge in [0.15, 0.2) is 0 Å². The van der Waals surface area contributed by atoms with Crippen molar-refractivity contribution in [3.8, 4) is 0 Å². The highest BCUT2D eigenvalue weighted by Gasteiger charge is 2.36. The molecule has 0 heterocycles. The minimum absolute atomic E-state index is 0.0102. The van der Waals surface area contributed by atoms with Crippen LogP contribution in [0.1, 0.15) is 80.1 Å². The van der Waals surface area contributed by atoms with E-state index in [2.05, 4.69) is 11.7 Å². The molecule has 4 atom stereocenters. The molecule has 29 heavy (non-hydrogen) atoms. The van der Waals surface area contributed by atoms with Crippen LogP contribution in [0.3, 0.4) is 0 Å². The smallest absolute Gasteiger partial charge is 0.337 e. The highest BCUT2D eigenvalue weighted by Crippen LogP contribution is 2.49. The molecule has 0 radical (unpaired) electrons. The summed E-state index contributed by atoms with van der Waals surface area (Å²) in [5.74, 6) is 0.696. The minimum Gasteiger partial charge on any atom is -0.465 e. The molecule has 2 aromatic carbocycles. The van der Waals surface area contributed by atoms with E-state index in [4.69, 9.17) is 0 Å². The molecule has 0 N–H and O–H groups in total. The first kappa shape index (κ1) is 20.3. The molecule has 4 rings (SSSR count). The number of hydrogen-bond acceptors (Lipinski definition) is 2. The van der Waals surface area contributed by atoms with Crippen molar-refractivity contribution in [2.24, 2.45) is 17.8 Å². The van der Waals surface area contributed by atoms with Crippen molar-refractivity contribution in [3.63, 3.8) is 0 Å². The molecule has 2 saturated carbocycles. The predicted molar refractivity (Wildman–Crippen MR) is 111 cm³/mol. The molecule has 2 aromatic rings. The molecule has 2 aliphatic carbocycles. The number of benzene rings is 2. The van der Waals surface area contributed by atoms with Gasteiger partial charge in [0.2, 0.25) is 0 Å². The van der Waals surface area contributed by atoms with Crippen LogP contribution < -0.4 is 0 Å². The zero-order valence-electron chi connectivity index (χ0n) is 17.3. The number of carbonyl (C=O) groups is 1. The summed E-state index contributed by atoms with van der Waals surface area (Å²) >= 11 is 0. The fourth-order valence-corrected chi connectivity index (χ4v) is 5.88. The highest BCUT2D eigenvalue weighted by atomic mass is 19.1. The standard InChI is InChI=1S/C25H30F2O2/c1-3-4-15-5-6-17-12-18(8-7-16(17)11-15)21-10-9-19-13-20(25(28)29-2)14-22(26)23(19)24(21)27/h9-10,13-18H,3-8,11-12H2,1-2H3/t15?,16-,17+,18?/m0/s1. The zero-order valence-corrected chi connectivity index (χ0v) is 17.3. The zero-order chi connectivity index (χ0) is 20.5. The van der Waals surface area contributed by atoms with Crippen molar-refractivity contribution in [3.05, 3.63) is 47.0 Å². The lowest BCUT2D eigenvalue weighted by Crippen LogP contribution is -2.30. The largest absolute Gasteiger partial charge is 0.465 e. The maximum Gasteiger partial charge on any atom is 0.337 e. The Morgan fingerprint density at radius 1 is 1.07 bits per heavy atom. The van der Waals surface area contributed by atoms with Crippen molar-refractivity contribution in [2.75, 3.05) is 7.11 Å². The van der Waals surface area contributed by atoms with Crippen LogP contribution in [0.25, 0.3) is 10.8 Å². The second-order valence-electron chi connectivity index (χ2n) is 9.01. The van der Waals surface area contributed by atoms with Gasteiger partial charge in [-0.3, -0.25) is 0 Å². The lowest BCUT2D eigenvalue weighted by Gasteiger charge is -2.42. The summed E-state index contributed by atoms with van der Waals surface area (Å²) in [6.45, 7) is 2.26. The Morgan fingerprint density at radius 2 is 1.83 bits per heavy atom. The molecular weight excluding hydrogens is 370 g/mol. The van der Waals surface area contributed by atoms with Gasteiger partial charge in [-0.15, -0.1) is 0 Å². The molecule has 156 valence electrons. The molecule has 0 saturated heterocycles. The van der Waals surface area contributed by atoms with Gasteiger partial charge in [0.1, 0.15) is 11.6 Å². The molecular formula is C25H30F2O2. The molecule has 0 spiro atoms. The Labute approximate surface area is 171 Å². The van der Waals surface area contributed by atoms with Gasteiger partial charge in [-0.25, -0.2) is 13.6 Å². The average Bonchev–Trinajstić information content (AvgIpc) is 2.73. The van der Waals surface area contributed by atoms with E-state index in [1.807, 2.05) is 0 Å². The summed E-state index contributed by atoms with van der Waals surface area (Å²) in [5.41, 5.74) is 0.741. The molecule has 0 aliphatic heterocycles. The Morgan fingerprint density at radius 3 is 2.59 bits per heavy atom. The predicted octanol–water partition coefficient (Wildman–Crippen LogP) is 7.00. The maximum absolute atomic E-state index is 15.4. The van der Waals surface area contributed by atoms with Gasteiger partial charge in [-0.1, -0.05) is 38.3 Å². The van der Waals surface area contributed by atoms with E-state index in [0.717, 1.165) is 37.2 Å². The van der Waals surface area contributed by atoms with E-state index in [1.54, 1.807) is 12.1 Å². The molecule has 0 aromatic heterocycles. The van der Waals surface area contributed by atoms with Crippen molar-refractivity contribution < 1.29 is 18.3 Å². The quantitative estimate of drug-likeness (QED) is 0.516. The molecule has 2 nitrogen and oxygen atoms in total. The van der Waals surface area contributed by atoms with Gasteiger partial charge < -0.3 is 4.74 Å². The van der Waals surface area contributed by atoms with E-state index in [0.29, 0.717) is 16.9 Å². The van der Waals surface area contributed by atoms with Gasteiger partial charge in [0.05, 0.1) is 18.1 Å². The molecule has 2 unspecified atom stereocenters. The van der Waals surface area contributed by atoms with Crippen LogP contribution >= 0.6 is 0 Å².